The van der Waals surface area contributed by atoms with Gasteiger partial charge in [0.2, 0.25) is 5.01 Å². The van der Waals surface area contributed by atoms with E-state index in [0.29, 0.717) is 44.2 Å². The molecular formula is C20H16ClN5O3S2. The van der Waals surface area contributed by atoms with Gasteiger partial charge in [-0.05, 0) is 29.8 Å². The van der Waals surface area contributed by atoms with Gasteiger partial charge in [0.1, 0.15) is 10.8 Å². The summed E-state index contributed by atoms with van der Waals surface area (Å²) in [4.78, 5) is 12.2. The molecule has 0 spiro atoms. The Labute approximate surface area is 191 Å². The normalized spacial score (nSPS) is 10.7. The zero-order valence-corrected chi connectivity index (χ0v) is 18.4. The molecule has 0 saturated heterocycles. The van der Waals surface area contributed by atoms with Crippen molar-refractivity contribution in [1.82, 2.24) is 25.7 Å². The van der Waals surface area contributed by atoms with Crippen molar-refractivity contribution < 1.29 is 13.9 Å². The van der Waals surface area contributed by atoms with Crippen LogP contribution < -0.4 is 10.1 Å². The van der Waals surface area contributed by atoms with Gasteiger partial charge in [-0.15, -0.1) is 20.4 Å². The van der Waals surface area contributed by atoms with E-state index in [9.17, 15) is 4.79 Å². The molecule has 2 aromatic carbocycles. The van der Waals surface area contributed by atoms with Crippen molar-refractivity contribution in [3.63, 3.8) is 0 Å². The van der Waals surface area contributed by atoms with Crippen LogP contribution in [0.25, 0.3) is 0 Å². The maximum absolute atomic E-state index is 12.2. The highest BCUT2D eigenvalue weighted by molar-refractivity contribution is 7.98. The summed E-state index contributed by atoms with van der Waals surface area (Å²) >= 11 is 8.39. The number of amides is 1. The van der Waals surface area contributed by atoms with E-state index < -0.39 is 0 Å². The lowest BCUT2D eigenvalue weighted by Gasteiger charge is -2.02. The molecule has 1 amide bonds. The molecule has 0 aliphatic heterocycles. The van der Waals surface area contributed by atoms with E-state index in [1.807, 2.05) is 30.3 Å². The fourth-order valence-electron chi connectivity index (χ4n) is 2.41. The van der Waals surface area contributed by atoms with Gasteiger partial charge in [-0.25, -0.2) is 0 Å². The molecule has 0 atom stereocenters. The van der Waals surface area contributed by atoms with Crippen LogP contribution in [-0.4, -0.2) is 26.3 Å². The average Bonchev–Trinajstić information content (AvgIpc) is 3.46. The fourth-order valence-corrected chi connectivity index (χ4v) is 4.06. The topological polar surface area (TPSA) is 103 Å². The molecule has 0 bridgehead atoms. The second kappa shape index (κ2) is 10.4. The third-order valence-corrected chi connectivity index (χ3v) is 6.09. The Hall–Kier alpha value is -2.95. The molecule has 0 unspecified atom stereocenters. The van der Waals surface area contributed by atoms with Gasteiger partial charge in [-0.2, -0.15) is 0 Å². The standard InChI is InChI=1S/C20H16ClN5O3S2/c21-14-6-8-15(9-7-14)28-11-16-23-26-20(29-16)30-12-17-24-25-19(31-17)18(27)22-10-13-4-2-1-3-5-13/h1-9H,10-12H2,(H,22,27). The molecule has 4 rings (SSSR count). The SMILES string of the molecule is O=C(NCc1ccccc1)c1nnc(CSc2nnc(COc3ccc(Cl)cc3)o2)s1. The first-order valence-electron chi connectivity index (χ1n) is 9.14. The number of nitrogens with zero attached hydrogens (tertiary/aromatic N) is 4. The number of benzene rings is 2. The molecule has 2 heterocycles. The van der Waals surface area contributed by atoms with Gasteiger partial charge >= 0.3 is 0 Å². The highest BCUT2D eigenvalue weighted by Crippen LogP contribution is 2.24. The summed E-state index contributed by atoms with van der Waals surface area (Å²) in [6.07, 6.45) is 0. The van der Waals surface area contributed by atoms with Crippen molar-refractivity contribution >= 4 is 40.6 Å². The van der Waals surface area contributed by atoms with Crippen LogP contribution in [0.2, 0.25) is 5.02 Å². The number of carbonyl (C=O) groups excluding carboxylic acids is 1. The minimum atomic E-state index is -0.253. The second-order valence-corrected chi connectivity index (χ2v) is 8.59. The molecule has 2 aromatic heterocycles. The fraction of sp³-hybridized carbons (Fsp3) is 0.150. The zero-order valence-electron chi connectivity index (χ0n) is 16.0. The Bertz CT molecular complexity index is 1140. The van der Waals surface area contributed by atoms with Gasteiger partial charge in [0, 0.05) is 11.6 Å². The minimum Gasteiger partial charge on any atom is -0.484 e. The Kier molecular flexibility index (Phi) is 7.13. The second-order valence-electron chi connectivity index (χ2n) is 6.16. The van der Waals surface area contributed by atoms with E-state index in [1.54, 1.807) is 24.3 Å². The summed E-state index contributed by atoms with van der Waals surface area (Å²) in [7, 11) is 0. The van der Waals surface area contributed by atoms with E-state index in [0.717, 1.165) is 5.56 Å². The summed E-state index contributed by atoms with van der Waals surface area (Å²) in [5.41, 5.74) is 1.02. The van der Waals surface area contributed by atoms with Crippen molar-refractivity contribution in [3.05, 3.63) is 81.1 Å². The molecule has 0 aliphatic rings. The Balaban J connectivity index is 1.24. The van der Waals surface area contributed by atoms with E-state index in [2.05, 4.69) is 25.7 Å². The third-order valence-electron chi connectivity index (χ3n) is 3.90. The molecular weight excluding hydrogens is 458 g/mol. The first-order chi connectivity index (χ1) is 15.2. The van der Waals surface area contributed by atoms with Gasteiger partial charge in [0.05, 0.1) is 5.75 Å². The van der Waals surface area contributed by atoms with Gasteiger partial charge in [0.25, 0.3) is 17.0 Å². The molecule has 31 heavy (non-hydrogen) atoms. The third kappa shape index (κ3) is 6.27. The van der Waals surface area contributed by atoms with Crippen LogP contribution >= 0.6 is 34.7 Å². The van der Waals surface area contributed by atoms with Crippen molar-refractivity contribution in [1.29, 1.82) is 0 Å². The van der Waals surface area contributed by atoms with Crippen molar-refractivity contribution in [3.8, 4) is 5.75 Å². The van der Waals surface area contributed by atoms with Crippen LogP contribution in [-0.2, 0) is 18.9 Å². The Morgan fingerprint density at radius 3 is 2.68 bits per heavy atom. The van der Waals surface area contributed by atoms with E-state index in [1.165, 1.54) is 23.1 Å². The van der Waals surface area contributed by atoms with Gasteiger partial charge < -0.3 is 14.5 Å². The number of hydrogen-bond acceptors (Lipinski definition) is 9. The lowest BCUT2D eigenvalue weighted by Crippen LogP contribution is -2.22. The number of ether oxygens (including phenoxy) is 1. The monoisotopic (exact) mass is 473 g/mol. The Morgan fingerprint density at radius 2 is 1.87 bits per heavy atom. The number of hydrogen-bond donors (Lipinski definition) is 1. The first kappa shape index (κ1) is 21.3. The molecule has 8 nitrogen and oxygen atoms in total. The van der Waals surface area contributed by atoms with Crippen LogP contribution in [0, 0.1) is 0 Å². The largest absolute Gasteiger partial charge is 0.484 e. The summed E-state index contributed by atoms with van der Waals surface area (Å²) in [6.45, 7) is 0.589. The van der Waals surface area contributed by atoms with Crippen LogP contribution in [0.15, 0.2) is 64.2 Å². The predicted octanol–water partition coefficient (Wildman–Crippen LogP) is 4.38. The molecule has 0 aliphatic carbocycles. The molecule has 0 fully saturated rings. The summed E-state index contributed by atoms with van der Waals surface area (Å²) in [5, 5.41) is 20.8. The smallest absolute Gasteiger partial charge is 0.282 e. The number of rotatable bonds is 9. The first-order valence-corrected chi connectivity index (χ1v) is 11.3. The van der Waals surface area contributed by atoms with Crippen LogP contribution in [0.1, 0.15) is 26.3 Å². The van der Waals surface area contributed by atoms with Gasteiger partial charge in [0.15, 0.2) is 6.61 Å². The number of thioether (sulfide) groups is 1. The van der Waals surface area contributed by atoms with E-state index in [4.69, 9.17) is 20.8 Å². The molecule has 0 saturated carbocycles. The zero-order chi connectivity index (χ0) is 21.5. The average molecular weight is 474 g/mol. The highest BCUT2D eigenvalue weighted by Gasteiger charge is 2.14. The van der Waals surface area contributed by atoms with E-state index in [-0.39, 0.29) is 12.5 Å². The maximum Gasteiger partial charge on any atom is 0.282 e. The Morgan fingerprint density at radius 1 is 1.06 bits per heavy atom. The van der Waals surface area contributed by atoms with E-state index >= 15 is 0 Å². The van der Waals surface area contributed by atoms with Crippen LogP contribution in [0.3, 0.4) is 0 Å². The summed E-state index contributed by atoms with van der Waals surface area (Å²) in [6, 6.07) is 16.7. The number of halogens is 1. The number of nitrogens with one attached hydrogen (secondary N) is 1. The molecule has 11 heteroatoms. The molecule has 158 valence electrons. The predicted molar refractivity (Wildman–Crippen MR) is 117 cm³/mol. The summed E-state index contributed by atoms with van der Waals surface area (Å²) < 4.78 is 11.1. The number of carbonyl (C=O) groups is 1. The van der Waals surface area contributed by atoms with Crippen LogP contribution in [0.5, 0.6) is 5.75 Å². The minimum absolute atomic E-state index is 0.153. The highest BCUT2D eigenvalue weighted by atomic mass is 35.5. The molecule has 4 aromatic rings. The maximum atomic E-state index is 12.2. The van der Waals surface area contributed by atoms with Crippen molar-refractivity contribution in [2.45, 2.75) is 24.1 Å². The molecule has 1 N–H and O–H groups in total. The quantitative estimate of drug-likeness (QED) is 0.357. The summed E-state index contributed by atoms with van der Waals surface area (Å²) in [5.74, 6) is 1.22. The lowest BCUT2D eigenvalue weighted by atomic mass is 10.2. The van der Waals surface area contributed by atoms with Gasteiger partial charge in [-0.3, -0.25) is 4.79 Å². The van der Waals surface area contributed by atoms with Crippen molar-refractivity contribution in [2.24, 2.45) is 0 Å². The number of aromatic nitrogens is 4. The molecule has 0 radical (unpaired) electrons. The van der Waals surface area contributed by atoms with Gasteiger partial charge in [-0.1, -0.05) is 65.0 Å². The van der Waals surface area contributed by atoms with Crippen molar-refractivity contribution in [2.75, 3.05) is 0 Å². The van der Waals surface area contributed by atoms with Crippen LogP contribution in [0.4, 0.5) is 0 Å². The lowest BCUT2D eigenvalue weighted by molar-refractivity contribution is 0.0950.